The van der Waals surface area contributed by atoms with E-state index in [1.165, 1.54) is 16.7 Å². The van der Waals surface area contributed by atoms with Gasteiger partial charge in [0, 0.05) is 12.6 Å². The SMILES string of the molecule is CCN(CC(=O)N[C@@H]1CCS(=O)(=O)C1)C(=O)CSc1nnnn1C1CCCC1. The fraction of sp³-hybridized carbons (Fsp3) is 0.812. The summed E-state index contributed by atoms with van der Waals surface area (Å²) in [5.74, 6) is -0.300. The molecule has 1 N–H and O–H groups in total. The van der Waals surface area contributed by atoms with Crippen LogP contribution in [0.4, 0.5) is 0 Å². The van der Waals surface area contributed by atoms with Crippen molar-refractivity contribution >= 4 is 33.4 Å². The van der Waals surface area contributed by atoms with Crippen LogP contribution in [0, 0.1) is 0 Å². The van der Waals surface area contributed by atoms with Crippen molar-refractivity contribution in [3.8, 4) is 0 Å². The van der Waals surface area contributed by atoms with Crippen LogP contribution in [0.25, 0.3) is 0 Å². The monoisotopic (exact) mass is 430 g/mol. The highest BCUT2D eigenvalue weighted by Gasteiger charge is 2.29. The molecule has 1 saturated carbocycles. The van der Waals surface area contributed by atoms with Gasteiger partial charge in [-0.2, -0.15) is 0 Å². The Morgan fingerprint density at radius 1 is 1.29 bits per heavy atom. The van der Waals surface area contributed by atoms with Crippen molar-refractivity contribution in [1.29, 1.82) is 0 Å². The average molecular weight is 431 g/mol. The number of rotatable bonds is 8. The van der Waals surface area contributed by atoms with Crippen LogP contribution in [-0.4, -0.2) is 81.7 Å². The molecular formula is C16H26N6O4S2. The number of nitrogens with zero attached hydrogens (tertiary/aromatic N) is 5. The van der Waals surface area contributed by atoms with Gasteiger partial charge in [-0.15, -0.1) is 5.10 Å². The lowest BCUT2D eigenvalue weighted by molar-refractivity contribution is -0.134. The zero-order chi connectivity index (χ0) is 20.1. The van der Waals surface area contributed by atoms with Gasteiger partial charge < -0.3 is 10.2 Å². The van der Waals surface area contributed by atoms with Gasteiger partial charge >= 0.3 is 0 Å². The highest BCUT2D eigenvalue weighted by atomic mass is 32.2. The summed E-state index contributed by atoms with van der Waals surface area (Å²) >= 11 is 1.28. The molecule has 0 spiro atoms. The third kappa shape index (κ3) is 5.43. The predicted molar refractivity (Wildman–Crippen MR) is 104 cm³/mol. The van der Waals surface area contributed by atoms with E-state index in [0.717, 1.165) is 25.7 Å². The lowest BCUT2D eigenvalue weighted by Gasteiger charge is -2.21. The predicted octanol–water partition coefficient (Wildman–Crippen LogP) is 0.0321. The lowest BCUT2D eigenvalue weighted by Crippen LogP contribution is -2.45. The number of tetrazole rings is 1. The van der Waals surface area contributed by atoms with Gasteiger partial charge in [-0.1, -0.05) is 24.6 Å². The maximum absolute atomic E-state index is 12.5. The highest BCUT2D eigenvalue weighted by molar-refractivity contribution is 7.99. The minimum atomic E-state index is -3.06. The molecule has 0 aromatic carbocycles. The van der Waals surface area contributed by atoms with Crippen LogP contribution < -0.4 is 5.32 Å². The number of sulfone groups is 1. The van der Waals surface area contributed by atoms with Crippen LogP contribution in [0.5, 0.6) is 0 Å². The van der Waals surface area contributed by atoms with E-state index in [0.29, 0.717) is 24.2 Å². The van der Waals surface area contributed by atoms with E-state index in [4.69, 9.17) is 0 Å². The zero-order valence-corrected chi connectivity index (χ0v) is 17.5. The van der Waals surface area contributed by atoms with Gasteiger partial charge in [0.2, 0.25) is 17.0 Å². The molecular weight excluding hydrogens is 404 g/mol. The molecule has 0 unspecified atom stereocenters. The summed E-state index contributed by atoms with van der Waals surface area (Å²) < 4.78 is 24.8. The fourth-order valence-electron chi connectivity index (χ4n) is 3.61. The second-order valence-corrected chi connectivity index (χ2v) is 10.4. The number of likely N-dealkylation sites (N-methyl/N-ethyl adjacent to an activating group) is 1. The van der Waals surface area contributed by atoms with Crippen LogP contribution in [0.2, 0.25) is 0 Å². The Labute approximate surface area is 168 Å². The van der Waals surface area contributed by atoms with E-state index < -0.39 is 9.84 Å². The van der Waals surface area contributed by atoms with E-state index in [9.17, 15) is 18.0 Å². The van der Waals surface area contributed by atoms with Crippen molar-refractivity contribution in [3.05, 3.63) is 0 Å². The normalized spacial score (nSPS) is 21.7. The summed E-state index contributed by atoms with van der Waals surface area (Å²) in [5, 5.41) is 15.1. The van der Waals surface area contributed by atoms with E-state index in [1.807, 2.05) is 0 Å². The summed E-state index contributed by atoms with van der Waals surface area (Å²) in [4.78, 5) is 26.2. The number of aromatic nitrogens is 4. The van der Waals surface area contributed by atoms with Gasteiger partial charge in [0.25, 0.3) is 0 Å². The molecule has 1 aliphatic heterocycles. The Kier molecular flexibility index (Phi) is 6.91. The maximum atomic E-state index is 12.5. The van der Waals surface area contributed by atoms with Crippen LogP contribution in [0.1, 0.15) is 45.1 Å². The van der Waals surface area contributed by atoms with Gasteiger partial charge in [0.1, 0.15) is 0 Å². The van der Waals surface area contributed by atoms with Crippen molar-refractivity contribution in [2.75, 3.05) is 30.3 Å². The van der Waals surface area contributed by atoms with E-state index in [1.54, 1.807) is 11.6 Å². The number of carbonyl (C=O) groups excluding carboxylic acids is 2. The number of amides is 2. The number of hydrogen-bond acceptors (Lipinski definition) is 8. The molecule has 1 atom stereocenters. The summed E-state index contributed by atoms with van der Waals surface area (Å²) in [5.41, 5.74) is 0. The van der Waals surface area contributed by atoms with Gasteiger partial charge in [-0.05, 0) is 36.6 Å². The zero-order valence-electron chi connectivity index (χ0n) is 15.9. The van der Waals surface area contributed by atoms with Crippen LogP contribution in [0.3, 0.4) is 0 Å². The minimum absolute atomic E-state index is 0.0293. The second-order valence-electron chi connectivity index (χ2n) is 7.21. The summed E-state index contributed by atoms with van der Waals surface area (Å²) in [6, 6.07) is -0.0694. The molecule has 10 nitrogen and oxygen atoms in total. The number of thioether (sulfide) groups is 1. The van der Waals surface area contributed by atoms with Gasteiger partial charge in [0.15, 0.2) is 9.84 Å². The first-order valence-electron chi connectivity index (χ1n) is 9.56. The van der Waals surface area contributed by atoms with E-state index in [-0.39, 0.29) is 41.7 Å². The highest BCUT2D eigenvalue weighted by Crippen LogP contribution is 2.31. The van der Waals surface area contributed by atoms with E-state index in [2.05, 4.69) is 20.8 Å². The second kappa shape index (κ2) is 9.21. The number of carbonyl (C=O) groups is 2. The molecule has 1 aliphatic carbocycles. The van der Waals surface area contributed by atoms with Crippen LogP contribution in [-0.2, 0) is 19.4 Å². The molecule has 12 heteroatoms. The Balaban J connectivity index is 1.48. The minimum Gasteiger partial charge on any atom is -0.351 e. The van der Waals surface area contributed by atoms with Crippen molar-refractivity contribution < 1.29 is 18.0 Å². The quantitative estimate of drug-likeness (QED) is 0.572. The molecule has 1 saturated heterocycles. The molecule has 2 amide bonds. The van der Waals surface area contributed by atoms with Crippen molar-refractivity contribution in [1.82, 2.24) is 30.4 Å². The topological polar surface area (TPSA) is 127 Å². The third-order valence-corrected chi connectivity index (χ3v) is 7.81. The summed E-state index contributed by atoms with van der Waals surface area (Å²) in [7, 11) is -3.06. The standard InChI is InChI=1S/C16H26N6O4S2/c1-2-21(9-14(23)17-12-7-8-28(25,26)11-12)15(24)10-27-16-18-19-20-22(16)13-5-3-4-6-13/h12-13H,2-11H2,1H3,(H,17,23)/t12-/m1/s1. The fourth-order valence-corrected chi connectivity index (χ4v) is 6.13. The first-order chi connectivity index (χ1) is 13.4. The molecule has 2 heterocycles. The molecule has 0 radical (unpaired) electrons. The maximum Gasteiger partial charge on any atom is 0.239 e. The van der Waals surface area contributed by atoms with Gasteiger partial charge in [-0.25, -0.2) is 13.1 Å². The Morgan fingerprint density at radius 2 is 2.04 bits per heavy atom. The largest absolute Gasteiger partial charge is 0.351 e. The number of nitrogens with one attached hydrogen (secondary N) is 1. The molecule has 2 fully saturated rings. The average Bonchev–Trinajstić information content (AvgIpc) is 3.38. The van der Waals surface area contributed by atoms with Crippen molar-refractivity contribution in [3.63, 3.8) is 0 Å². The molecule has 2 aliphatic rings. The molecule has 1 aromatic rings. The Hall–Kier alpha value is -1.69. The number of hydrogen-bond donors (Lipinski definition) is 1. The summed E-state index contributed by atoms with van der Waals surface area (Å²) in [6.45, 7) is 2.11. The Bertz CT molecular complexity index is 806. The first-order valence-corrected chi connectivity index (χ1v) is 12.4. The molecule has 28 heavy (non-hydrogen) atoms. The molecule has 156 valence electrons. The van der Waals surface area contributed by atoms with E-state index >= 15 is 0 Å². The van der Waals surface area contributed by atoms with Gasteiger partial charge in [-0.3, -0.25) is 9.59 Å². The lowest BCUT2D eigenvalue weighted by atomic mass is 10.2. The van der Waals surface area contributed by atoms with Crippen LogP contribution >= 0.6 is 11.8 Å². The molecule has 0 bridgehead atoms. The smallest absolute Gasteiger partial charge is 0.239 e. The molecule has 1 aromatic heterocycles. The van der Waals surface area contributed by atoms with Crippen molar-refractivity contribution in [2.24, 2.45) is 0 Å². The van der Waals surface area contributed by atoms with Gasteiger partial charge in [0.05, 0.1) is 29.8 Å². The third-order valence-electron chi connectivity index (χ3n) is 5.12. The summed E-state index contributed by atoms with van der Waals surface area (Å²) in [6.07, 6.45) is 4.84. The first kappa shape index (κ1) is 21.0. The Morgan fingerprint density at radius 3 is 2.68 bits per heavy atom. The molecule has 3 rings (SSSR count). The van der Waals surface area contributed by atoms with Crippen LogP contribution in [0.15, 0.2) is 5.16 Å². The van der Waals surface area contributed by atoms with Crippen molar-refractivity contribution in [2.45, 2.75) is 56.3 Å².